The normalized spacial score (nSPS) is 18.5. The molecule has 1 aliphatic heterocycles. The maximum absolute atomic E-state index is 9.27. The van der Waals surface area contributed by atoms with Crippen LogP contribution in [0.15, 0.2) is 18.2 Å². The van der Waals surface area contributed by atoms with Crippen molar-refractivity contribution in [3.8, 4) is 11.5 Å². The highest BCUT2D eigenvalue weighted by Crippen LogP contribution is 2.40. The summed E-state index contributed by atoms with van der Waals surface area (Å²) in [6.45, 7) is 3.85. The minimum Gasteiger partial charge on any atom is -0.493 e. The predicted octanol–water partition coefficient (Wildman–Crippen LogP) is 1.66. The summed E-state index contributed by atoms with van der Waals surface area (Å²) < 4.78 is 11.1. The van der Waals surface area contributed by atoms with Crippen molar-refractivity contribution in [3.05, 3.63) is 18.2 Å². The summed E-state index contributed by atoms with van der Waals surface area (Å²) in [5.41, 5.74) is 1.05. The average Bonchev–Trinajstić information content (AvgIpc) is 2.38. The number of hydrogen-bond acceptors (Lipinski definition) is 4. The minimum absolute atomic E-state index is 0.0255. The van der Waals surface area contributed by atoms with Crippen LogP contribution in [0.1, 0.15) is 13.3 Å². The SMILES string of the molecule is CCCN1CC(CO)Oc2c(OC)cccc21. The van der Waals surface area contributed by atoms with Gasteiger partial charge in [0.2, 0.25) is 0 Å². The fourth-order valence-corrected chi connectivity index (χ4v) is 2.16. The molecule has 0 bridgehead atoms. The molecule has 0 fully saturated rings. The van der Waals surface area contributed by atoms with E-state index in [2.05, 4.69) is 11.8 Å². The van der Waals surface area contributed by atoms with Gasteiger partial charge >= 0.3 is 0 Å². The van der Waals surface area contributed by atoms with Crippen molar-refractivity contribution in [1.29, 1.82) is 0 Å². The van der Waals surface area contributed by atoms with Gasteiger partial charge in [-0.1, -0.05) is 13.0 Å². The molecule has 1 heterocycles. The van der Waals surface area contributed by atoms with E-state index in [1.165, 1.54) is 0 Å². The van der Waals surface area contributed by atoms with E-state index in [0.717, 1.165) is 36.7 Å². The number of aliphatic hydroxyl groups is 1. The highest BCUT2D eigenvalue weighted by atomic mass is 16.5. The third-order valence-corrected chi connectivity index (χ3v) is 2.92. The molecule has 0 aromatic heterocycles. The molecular formula is C13H19NO3. The molecule has 0 saturated heterocycles. The molecule has 1 aliphatic rings. The van der Waals surface area contributed by atoms with Gasteiger partial charge in [-0.25, -0.2) is 0 Å². The van der Waals surface area contributed by atoms with Crippen molar-refractivity contribution >= 4 is 5.69 Å². The summed E-state index contributed by atoms with van der Waals surface area (Å²) in [5, 5.41) is 9.27. The second kappa shape index (κ2) is 5.27. The number of para-hydroxylation sites is 1. The van der Waals surface area contributed by atoms with Crippen molar-refractivity contribution in [2.24, 2.45) is 0 Å². The number of benzene rings is 1. The number of hydrogen-bond donors (Lipinski definition) is 1. The van der Waals surface area contributed by atoms with E-state index in [4.69, 9.17) is 9.47 Å². The molecule has 1 aromatic rings. The first-order valence-corrected chi connectivity index (χ1v) is 5.99. The third kappa shape index (κ3) is 2.31. The van der Waals surface area contributed by atoms with Gasteiger partial charge in [0.25, 0.3) is 0 Å². The molecule has 94 valence electrons. The summed E-state index contributed by atoms with van der Waals surface area (Å²) in [6, 6.07) is 5.87. The smallest absolute Gasteiger partial charge is 0.185 e. The number of anilines is 1. The molecule has 0 aliphatic carbocycles. The second-order valence-electron chi connectivity index (χ2n) is 4.18. The van der Waals surface area contributed by atoms with Crippen LogP contribution in [0.5, 0.6) is 11.5 Å². The van der Waals surface area contributed by atoms with Crippen molar-refractivity contribution in [2.75, 3.05) is 31.7 Å². The van der Waals surface area contributed by atoms with Crippen LogP contribution in [-0.4, -0.2) is 38.0 Å². The topological polar surface area (TPSA) is 41.9 Å². The van der Waals surface area contributed by atoms with E-state index in [-0.39, 0.29) is 12.7 Å². The lowest BCUT2D eigenvalue weighted by atomic mass is 10.1. The van der Waals surface area contributed by atoms with Crippen LogP contribution in [0.2, 0.25) is 0 Å². The quantitative estimate of drug-likeness (QED) is 0.865. The lowest BCUT2D eigenvalue weighted by Gasteiger charge is -2.36. The van der Waals surface area contributed by atoms with Gasteiger partial charge in [0.1, 0.15) is 6.10 Å². The summed E-state index contributed by atoms with van der Waals surface area (Å²) in [7, 11) is 1.63. The Morgan fingerprint density at radius 3 is 3.00 bits per heavy atom. The van der Waals surface area contributed by atoms with E-state index in [1.807, 2.05) is 18.2 Å². The van der Waals surface area contributed by atoms with Gasteiger partial charge in [-0.3, -0.25) is 0 Å². The Morgan fingerprint density at radius 1 is 1.53 bits per heavy atom. The zero-order valence-electron chi connectivity index (χ0n) is 10.3. The first kappa shape index (κ1) is 12.0. The first-order chi connectivity index (χ1) is 8.30. The van der Waals surface area contributed by atoms with Crippen LogP contribution < -0.4 is 14.4 Å². The fraction of sp³-hybridized carbons (Fsp3) is 0.538. The number of ether oxygens (including phenoxy) is 2. The summed E-state index contributed by atoms with van der Waals surface area (Å²) >= 11 is 0. The van der Waals surface area contributed by atoms with Gasteiger partial charge in [0, 0.05) is 6.54 Å². The lowest BCUT2D eigenvalue weighted by Crippen LogP contribution is -2.42. The molecule has 17 heavy (non-hydrogen) atoms. The molecule has 1 unspecified atom stereocenters. The monoisotopic (exact) mass is 237 g/mol. The Balaban J connectivity index is 2.36. The molecule has 0 amide bonds. The number of fused-ring (bicyclic) bond motifs is 1. The Hall–Kier alpha value is -1.42. The van der Waals surface area contributed by atoms with Crippen LogP contribution >= 0.6 is 0 Å². The largest absolute Gasteiger partial charge is 0.493 e. The maximum atomic E-state index is 9.27. The molecule has 0 saturated carbocycles. The van der Waals surface area contributed by atoms with Crippen molar-refractivity contribution in [1.82, 2.24) is 0 Å². The van der Waals surface area contributed by atoms with Gasteiger partial charge in [0.05, 0.1) is 25.9 Å². The van der Waals surface area contributed by atoms with E-state index in [0.29, 0.717) is 0 Å². The maximum Gasteiger partial charge on any atom is 0.185 e. The predicted molar refractivity (Wildman–Crippen MR) is 67.0 cm³/mol. The summed E-state index contributed by atoms with van der Waals surface area (Å²) in [5.74, 6) is 1.47. The molecular weight excluding hydrogens is 218 g/mol. The van der Waals surface area contributed by atoms with Gasteiger partial charge < -0.3 is 19.5 Å². The highest BCUT2D eigenvalue weighted by molar-refractivity contribution is 5.66. The van der Waals surface area contributed by atoms with Crippen LogP contribution in [-0.2, 0) is 0 Å². The molecule has 0 spiro atoms. The molecule has 4 heteroatoms. The van der Waals surface area contributed by atoms with E-state index < -0.39 is 0 Å². The van der Waals surface area contributed by atoms with Gasteiger partial charge in [-0.05, 0) is 18.6 Å². The summed E-state index contributed by atoms with van der Waals surface area (Å²) in [4.78, 5) is 2.24. The Bertz CT molecular complexity index is 381. The van der Waals surface area contributed by atoms with Crippen LogP contribution in [0.25, 0.3) is 0 Å². The van der Waals surface area contributed by atoms with E-state index in [1.54, 1.807) is 7.11 Å². The highest BCUT2D eigenvalue weighted by Gasteiger charge is 2.27. The van der Waals surface area contributed by atoms with Crippen LogP contribution in [0.4, 0.5) is 5.69 Å². The van der Waals surface area contributed by atoms with Crippen LogP contribution in [0, 0.1) is 0 Å². The number of nitrogens with zero attached hydrogens (tertiary/aromatic N) is 1. The van der Waals surface area contributed by atoms with Gasteiger partial charge in [-0.15, -0.1) is 0 Å². The minimum atomic E-state index is -0.176. The molecule has 1 atom stereocenters. The van der Waals surface area contributed by atoms with Gasteiger partial charge in [0.15, 0.2) is 11.5 Å². The Morgan fingerprint density at radius 2 is 2.35 bits per heavy atom. The molecule has 2 rings (SSSR count). The fourth-order valence-electron chi connectivity index (χ4n) is 2.16. The molecule has 4 nitrogen and oxygen atoms in total. The molecule has 0 radical (unpaired) electrons. The number of rotatable bonds is 4. The lowest BCUT2D eigenvalue weighted by molar-refractivity contribution is 0.109. The first-order valence-electron chi connectivity index (χ1n) is 5.99. The van der Waals surface area contributed by atoms with Crippen molar-refractivity contribution in [3.63, 3.8) is 0 Å². The zero-order valence-corrected chi connectivity index (χ0v) is 10.3. The number of aliphatic hydroxyl groups excluding tert-OH is 1. The van der Waals surface area contributed by atoms with E-state index >= 15 is 0 Å². The third-order valence-electron chi connectivity index (χ3n) is 2.92. The van der Waals surface area contributed by atoms with Crippen molar-refractivity contribution in [2.45, 2.75) is 19.4 Å². The van der Waals surface area contributed by atoms with Gasteiger partial charge in [-0.2, -0.15) is 0 Å². The number of methoxy groups -OCH3 is 1. The average molecular weight is 237 g/mol. The Kier molecular flexibility index (Phi) is 3.74. The second-order valence-corrected chi connectivity index (χ2v) is 4.18. The van der Waals surface area contributed by atoms with Crippen molar-refractivity contribution < 1.29 is 14.6 Å². The van der Waals surface area contributed by atoms with Crippen LogP contribution in [0.3, 0.4) is 0 Å². The van der Waals surface area contributed by atoms with E-state index in [9.17, 15) is 5.11 Å². The standard InChI is InChI=1S/C13H19NO3/c1-3-7-14-8-10(9-15)17-13-11(14)5-4-6-12(13)16-2/h4-6,10,15H,3,7-9H2,1-2H3. The Labute approximate surface area is 102 Å². The molecule has 1 N–H and O–H groups in total. The zero-order chi connectivity index (χ0) is 12.3. The molecule has 1 aromatic carbocycles. The summed E-state index contributed by atoms with van der Waals surface area (Å²) in [6.07, 6.45) is 0.889.